The van der Waals surface area contributed by atoms with Crippen LogP contribution in [0.2, 0.25) is 0 Å². The van der Waals surface area contributed by atoms with Crippen LogP contribution in [-0.2, 0) is 60.8 Å². The number of nitrogens with two attached hydrogens (primary N) is 1. The van der Waals surface area contributed by atoms with E-state index >= 15 is 0 Å². The molecule has 0 saturated carbocycles. The molecule has 420 valence electrons. The van der Waals surface area contributed by atoms with Crippen LogP contribution in [0.3, 0.4) is 0 Å². The summed E-state index contributed by atoms with van der Waals surface area (Å²) in [5, 5.41) is 17.5. The van der Waals surface area contributed by atoms with Crippen molar-refractivity contribution in [1.29, 1.82) is 0 Å². The highest BCUT2D eigenvalue weighted by atomic mass is 16.4. The third kappa shape index (κ3) is 17.6. The van der Waals surface area contributed by atoms with Crippen molar-refractivity contribution in [2.24, 2.45) is 23.5 Å². The highest BCUT2D eigenvalue weighted by Crippen LogP contribution is 2.23. The average Bonchev–Trinajstić information content (AvgIpc) is 3.88. The highest BCUT2D eigenvalue weighted by molar-refractivity contribution is 5.98. The van der Waals surface area contributed by atoms with Crippen molar-refractivity contribution in [3.05, 3.63) is 71.8 Å². The molecule has 1 heterocycles. The molecular weight excluding hydrogens is 977 g/mol. The molecule has 2 aromatic carbocycles. The fourth-order valence-corrected chi connectivity index (χ4v) is 9.36. The lowest BCUT2D eigenvalue weighted by molar-refractivity contribution is -0.151. The van der Waals surface area contributed by atoms with E-state index in [4.69, 9.17) is 5.73 Å². The number of carboxylic acid groups (broad SMARTS) is 1. The first-order valence-electron chi connectivity index (χ1n) is 26.1. The summed E-state index contributed by atoms with van der Waals surface area (Å²) in [5.41, 5.74) is 7.77. The van der Waals surface area contributed by atoms with Crippen LogP contribution in [0, 0.1) is 17.8 Å². The summed E-state index contributed by atoms with van der Waals surface area (Å²) in [6.45, 7) is 13.0. The molecule has 0 bridgehead atoms. The number of hydrogen-bond donors (Lipinski definition) is 5. The van der Waals surface area contributed by atoms with E-state index in [-0.39, 0.29) is 44.1 Å². The van der Waals surface area contributed by atoms with Gasteiger partial charge < -0.3 is 56.2 Å². The third-order valence-electron chi connectivity index (χ3n) is 14.0. The zero-order valence-electron chi connectivity index (χ0n) is 46.8. The lowest BCUT2D eigenvalue weighted by Crippen LogP contribution is -2.59. The standard InChI is InChI=1S/C55H84N10O11/c1-33(2)27-40(56)52(72)63(12)43(29-38-21-16-14-17-22-38)53(73)60(9)37(8)48(68)57-31-45(66)61(10)44(30-39-23-18-15-19-24-39)54(74)65-26-20-25-41(65)50(70)59-36(7)51(71)62(11)42(28-34(3)4)49(69)58-32-46(67)64(13)47(35(5)6)55(75)76/h14-19,21-24,33-37,40-44,47H,20,25-32,56H2,1-13H3,(H,57,68)(H,58,69)(H,59,70)(H,75,76)/t36-,37-,40-,41-,42-,43-,44-,47-/m0/s1. The lowest BCUT2D eigenvalue weighted by atomic mass is 10.00. The Labute approximate surface area is 448 Å². The third-order valence-corrected chi connectivity index (χ3v) is 14.0. The molecule has 21 heteroatoms. The maximum atomic E-state index is 14.7. The van der Waals surface area contributed by atoms with Crippen LogP contribution in [0.25, 0.3) is 0 Å². The Morgan fingerprint density at radius 2 is 1.09 bits per heavy atom. The molecule has 76 heavy (non-hydrogen) atoms. The Kier molecular flexibility index (Phi) is 24.5. The van der Waals surface area contributed by atoms with Gasteiger partial charge in [0.2, 0.25) is 53.2 Å². The van der Waals surface area contributed by atoms with Crippen LogP contribution < -0.4 is 21.7 Å². The number of nitrogens with one attached hydrogen (secondary N) is 3. The monoisotopic (exact) mass is 1060 g/mol. The number of rotatable bonds is 27. The smallest absolute Gasteiger partial charge is 0.326 e. The number of carboxylic acids is 1. The minimum atomic E-state index is -1.19. The molecule has 9 amide bonds. The number of benzene rings is 2. The van der Waals surface area contributed by atoms with Gasteiger partial charge in [-0.15, -0.1) is 0 Å². The molecule has 21 nitrogen and oxygen atoms in total. The fraction of sp³-hybridized carbons (Fsp3) is 0.600. The molecule has 0 aromatic heterocycles. The summed E-state index contributed by atoms with van der Waals surface area (Å²) in [6.07, 6.45) is 1.53. The molecule has 0 radical (unpaired) electrons. The van der Waals surface area contributed by atoms with Crippen molar-refractivity contribution >= 4 is 59.1 Å². The van der Waals surface area contributed by atoms with Gasteiger partial charge in [0.1, 0.15) is 42.3 Å². The Hall–Kier alpha value is -6.90. The summed E-state index contributed by atoms with van der Waals surface area (Å²) in [6, 6.07) is 9.70. The van der Waals surface area contributed by atoms with E-state index in [1.165, 1.54) is 73.6 Å². The molecular formula is C55H84N10O11. The van der Waals surface area contributed by atoms with Crippen LogP contribution in [0.4, 0.5) is 0 Å². The molecule has 2 aromatic rings. The van der Waals surface area contributed by atoms with E-state index in [1.807, 2.05) is 58.0 Å². The number of carbonyl (C=O) groups excluding carboxylic acids is 9. The first-order valence-corrected chi connectivity index (χ1v) is 26.1. The molecule has 1 aliphatic rings. The summed E-state index contributed by atoms with van der Waals surface area (Å²) in [5.74, 6) is -6.80. The number of carbonyl (C=O) groups is 10. The van der Waals surface area contributed by atoms with Gasteiger partial charge in [-0.05, 0) is 68.4 Å². The van der Waals surface area contributed by atoms with E-state index in [9.17, 15) is 53.1 Å². The Morgan fingerprint density at radius 3 is 1.59 bits per heavy atom. The van der Waals surface area contributed by atoms with E-state index in [0.717, 1.165) is 16.0 Å². The second-order valence-electron chi connectivity index (χ2n) is 21.2. The van der Waals surface area contributed by atoms with Gasteiger partial charge in [-0.3, -0.25) is 43.2 Å². The maximum absolute atomic E-state index is 14.7. The molecule has 1 aliphatic heterocycles. The van der Waals surface area contributed by atoms with Gasteiger partial charge in [0, 0.05) is 54.6 Å². The van der Waals surface area contributed by atoms with E-state index in [0.29, 0.717) is 12.8 Å². The van der Waals surface area contributed by atoms with Crippen LogP contribution in [0.5, 0.6) is 0 Å². The lowest BCUT2D eigenvalue weighted by Gasteiger charge is -2.35. The van der Waals surface area contributed by atoms with Gasteiger partial charge in [-0.25, -0.2) is 4.79 Å². The molecule has 0 spiro atoms. The largest absolute Gasteiger partial charge is 0.480 e. The number of likely N-dealkylation sites (tertiary alicyclic amines) is 1. The normalized spacial score (nSPS) is 16.1. The van der Waals surface area contributed by atoms with E-state index in [1.54, 1.807) is 44.2 Å². The molecule has 8 atom stereocenters. The molecule has 3 rings (SSSR count). The van der Waals surface area contributed by atoms with Crippen LogP contribution in [-0.4, -0.2) is 197 Å². The minimum Gasteiger partial charge on any atom is -0.480 e. The van der Waals surface area contributed by atoms with Crippen LogP contribution in [0.15, 0.2) is 60.7 Å². The van der Waals surface area contributed by atoms with Gasteiger partial charge in [0.15, 0.2) is 0 Å². The quantitative estimate of drug-likeness (QED) is 0.0853. The molecule has 0 aliphatic carbocycles. The van der Waals surface area contributed by atoms with Gasteiger partial charge >= 0.3 is 5.97 Å². The second kappa shape index (κ2) is 29.4. The fourth-order valence-electron chi connectivity index (χ4n) is 9.36. The van der Waals surface area contributed by atoms with Gasteiger partial charge in [0.05, 0.1) is 19.1 Å². The molecule has 1 saturated heterocycles. The minimum absolute atomic E-state index is 0.0585. The average molecular weight is 1060 g/mol. The molecule has 1 fully saturated rings. The number of hydrogen-bond acceptors (Lipinski definition) is 11. The second-order valence-corrected chi connectivity index (χ2v) is 21.2. The van der Waals surface area contributed by atoms with Crippen molar-refractivity contribution in [2.45, 2.75) is 142 Å². The first kappa shape index (κ1) is 63.4. The van der Waals surface area contributed by atoms with Crippen molar-refractivity contribution in [3.8, 4) is 0 Å². The van der Waals surface area contributed by atoms with Gasteiger partial charge in [-0.2, -0.15) is 0 Å². The number of likely N-dealkylation sites (N-methyl/N-ethyl adjacent to an activating group) is 5. The predicted molar refractivity (Wildman–Crippen MR) is 286 cm³/mol. The van der Waals surface area contributed by atoms with E-state index < -0.39 is 126 Å². The SMILES string of the molecule is CC(C)C[C@H](N)C(=O)N(C)[C@@H](Cc1ccccc1)C(=O)N(C)[C@@H](C)C(=O)NCC(=O)N(C)[C@@H](Cc1ccccc1)C(=O)N1CCC[C@H]1C(=O)N[C@@H](C)C(=O)N(C)[C@@H](CC(C)C)C(=O)NCC(=O)N(C)[C@H](C(=O)O)C(C)C. The topological polar surface area (TPSA) is 272 Å². The van der Waals surface area contributed by atoms with Gasteiger partial charge in [-0.1, -0.05) is 102 Å². The predicted octanol–water partition coefficient (Wildman–Crippen LogP) is 1.51. The number of nitrogens with zero attached hydrogens (tertiary/aromatic N) is 6. The Morgan fingerprint density at radius 1 is 0.605 bits per heavy atom. The van der Waals surface area contributed by atoms with Crippen molar-refractivity contribution in [3.63, 3.8) is 0 Å². The zero-order valence-corrected chi connectivity index (χ0v) is 46.8. The number of amides is 9. The van der Waals surface area contributed by atoms with Crippen molar-refractivity contribution in [2.75, 3.05) is 54.9 Å². The highest BCUT2D eigenvalue weighted by Gasteiger charge is 2.42. The van der Waals surface area contributed by atoms with Gasteiger partial charge in [0.25, 0.3) is 0 Å². The van der Waals surface area contributed by atoms with Crippen molar-refractivity contribution < 1.29 is 53.1 Å². The summed E-state index contributed by atoms with van der Waals surface area (Å²) >= 11 is 0. The first-order chi connectivity index (χ1) is 35.6. The van der Waals surface area contributed by atoms with Crippen LogP contribution >= 0.6 is 0 Å². The molecule has 0 unspecified atom stereocenters. The zero-order chi connectivity index (χ0) is 57.3. The maximum Gasteiger partial charge on any atom is 0.326 e. The summed E-state index contributed by atoms with van der Waals surface area (Å²) in [4.78, 5) is 144. The Bertz CT molecular complexity index is 2330. The number of aliphatic carboxylic acids is 1. The summed E-state index contributed by atoms with van der Waals surface area (Å²) < 4.78 is 0. The van der Waals surface area contributed by atoms with Crippen molar-refractivity contribution in [1.82, 2.24) is 45.3 Å². The Balaban J connectivity index is 1.76. The van der Waals surface area contributed by atoms with Crippen LogP contribution in [0.1, 0.15) is 92.2 Å². The van der Waals surface area contributed by atoms with E-state index in [2.05, 4.69) is 16.0 Å². The summed E-state index contributed by atoms with van der Waals surface area (Å²) in [7, 11) is 7.15. The molecule has 6 N–H and O–H groups in total.